The second-order valence-electron chi connectivity index (χ2n) is 5.05. The Morgan fingerprint density at radius 1 is 0.955 bits per heavy atom. The number of aliphatic hydroxyl groups excluding tert-OH is 1. The molecule has 118 valence electrons. The summed E-state index contributed by atoms with van der Waals surface area (Å²) in [5.74, 6) is 0. The first-order chi connectivity index (χ1) is 10.6. The van der Waals surface area contributed by atoms with Crippen molar-refractivity contribution in [3.8, 4) is 0 Å². The summed E-state index contributed by atoms with van der Waals surface area (Å²) >= 11 is 0. The molecule has 0 atom stereocenters. The van der Waals surface area contributed by atoms with Crippen LogP contribution in [0.3, 0.4) is 0 Å². The zero-order valence-electron chi connectivity index (χ0n) is 12.6. The van der Waals surface area contributed by atoms with E-state index in [0.29, 0.717) is 0 Å². The lowest BCUT2D eigenvalue weighted by Crippen LogP contribution is -2.33. The molecule has 0 saturated heterocycles. The van der Waals surface area contributed by atoms with E-state index in [1.165, 1.54) is 4.31 Å². The zero-order chi connectivity index (χ0) is 16.0. The molecule has 0 heterocycles. The number of rotatable bonds is 7. The highest BCUT2D eigenvalue weighted by atomic mass is 32.2. The molecule has 4 nitrogen and oxygen atoms in total. The second kappa shape index (κ2) is 7.54. The Morgan fingerprint density at radius 3 is 2.14 bits per heavy atom. The maximum atomic E-state index is 12.7. The molecule has 5 heteroatoms. The molecule has 0 aliphatic carbocycles. The summed E-state index contributed by atoms with van der Waals surface area (Å²) in [5.41, 5.74) is 1.99. The van der Waals surface area contributed by atoms with Crippen molar-refractivity contribution < 1.29 is 13.5 Å². The van der Waals surface area contributed by atoms with E-state index in [1.807, 2.05) is 49.4 Å². The summed E-state index contributed by atoms with van der Waals surface area (Å²) in [6.45, 7) is 2.14. The van der Waals surface area contributed by atoms with Crippen LogP contribution in [0.2, 0.25) is 0 Å². The molecule has 2 aromatic carbocycles. The number of hydrogen-bond acceptors (Lipinski definition) is 3. The standard InChI is InChI=1S/C17H21NO3S/c1-2-15-8-10-17(11-9-15)22(20,21)18(12-13-19)14-16-6-4-3-5-7-16/h3-11,19H,2,12-14H2,1H3. The van der Waals surface area contributed by atoms with Crippen molar-refractivity contribution >= 4 is 10.0 Å². The van der Waals surface area contributed by atoms with E-state index in [-0.39, 0.29) is 24.6 Å². The second-order valence-corrected chi connectivity index (χ2v) is 6.98. The lowest BCUT2D eigenvalue weighted by atomic mass is 10.2. The van der Waals surface area contributed by atoms with Gasteiger partial charge in [-0.25, -0.2) is 8.42 Å². The Morgan fingerprint density at radius 2 is 1.59 bits per heavy atom. The molecule has 0 spiro atoms. The quantitative estimate of drug-likeness (QED) is 0.853. The van der Waals surface area contributed by atoms with E-state index in [9.17, 15) is 13.5 Å². The van der Waals surface area contributed by atoms with Crippen LogP contribution in [0.25, 0.3) is 0 Å². The zero-order valence-corrected chi connectivity index (χ0v) is 13.5. The van der Waals surface area contributed by atoms with E-state index < -0.39 is 10.0 Å². The Bertz CT molecular complexity index is 682. The van der Waals surface area contributed by atoms with E-state index in [0.717, 1.165) is 17.5 Å². The normalized spacial score (nSPS) is 11.8. The van der Waals surface area contributed by atoms with Crippen molar-refractivity contribution in [3.05, 3.63) is 65.7 Å². The predicted molar refractivity (Wildman–Crippen MR) is 86.9 cm³/mol. The third-order valence-electron chi connectivity index (χ3n) is 3.52. The van der Waals surface area contributed by atoms with E-state index in [4.69, 9.17) is 0 Å². The molecule has 22 heavy (non-hydrogen) atoms. The monoisotopic (exact) mass is 319 g/mol. The first-order valence-electron chi connectivity index (χ1n) is 7.31. The highest BCUT2D eigenvalue weighted by Gasteiger charge is 2.24. The fourth-order valence-electron chi connectivity index (χ4n) is 2.23. The van der Waals surface area contributed by atoms with Crippen LogP contribution in [-0.2, 0) is 23.0 Å². The van der Waals surface area contributed by atoms with E-state index >= 15 is 0 Å². The SMILES string of the molecule is CCc1ccc(S(=O)(=O)N(CCO)Cc2ccccc2)cc1. The van der Waals surface area contributed by atoms with Gasteiger partial charge in [-0.2, -0.15) is 4.31 Å². The molecule has 2 aromatic rings. The number of benzene rings is 2. The number of aryl methyl sites for hydroxylation is 1. The Hall–Kier alpha value is -1.69. The summed E-state index contributed by atoms with van der Waals surface area (Å²) in [7, 11) is -3.61. The summed E-state index contributed by atoms with van der Waals surface area (Å²) in [4.78, 5) is 0.258. The van der Waals surface area contributed by atoms with Gasteiger partial charge in [-0.05, 0) is 29.7 Å². The molecule has 0 amide bonds. The number of nitrogens with zero attached hydrogens (tertiary/aromatic N) is 1. The van der Waals surface area contributed by atoms with Crippen LogP contribution in [0, 0.1) is 0 Å². The lowest BCUT2D eigenvalue weighted by molar-refractivity contribution is 0.251. The minimum absolute atomic E-state index is 0.0761. The Labute approximate surface area is 132 Å². The van der Waals surface area contributed by atoms with Crippen LogP contribution < -0.4 is 0 Å². The fraction of sp³-hybridized carbons (Fsp3) is 0.294. The van der Waals surface area contributed by atoms with Crippen molar-refractivity contribution in [1.29, 1.82) is 0 Å². The van der Waals surface area contributed by atoms with Gasteiger partial charge in [0.1, 0.15) is 0 Å². The number of aliphatic hydroxyl groups is 1. The number of hydrogen-bond donors (Lipinski definition) is 1. The van der Waals surface area contributed by atoms with Crippen LogP contribution in [0.1, 0.15) is 18.1 Å². The van der Waals surface area contributed by atoms with Crippen LogP contribution in [0.5, 0.6) is 0 Å². The van der Waals surface area contributed by atoms with Gasteiger partial charge in [0.2, 0.25) is 10.0 Å². The molecule has 0 unspecified atom stereocenters. The highest BCUT2D eigenvalue weighted by Crippen LogP contribution is 2.19. The van der Waals surface area contributed by atoms with Gasteiger partial charge >= 0.3 is 0 Å². The molecule has 0 radical (unpaired) electrons. The van der Waals surface area contributed by atoms with Crippen molar-refractivity contribution in [2.45, 2.75) is 24.8 Å². The molecule has 0 bridgehead atoms. The van der Waals surface area contributed by atoms with Crippen molar-refractivity contribution in [2.24, 2.45) is 0 Å². The summed E-state index contributed by atoms with van der Waals surface area (Å²) < 4.78 is 26.8. The van der Waals surface area contributed by atoms with E-state index in [1.54, 1.807) is 12.1 Å². The molecule has 0 aromatic heterocycles. The molecular formula is C17H21NO3S. The van der Waals surface area contributed by atoms with Gasteiger partial charge < -0.3 is 5.11 Å². The maximum Gasteiger partial charge on any atom is 0.243 e. The summed E-state index contributed by atoms with van der Waals surface area (Å²) in [6.07, 6.45) is 0.866. The third kappa shape index (κ3) is 3.94. The maximum absolute atomic E-state index is 12.7. The van der Waals surface area contributed by atoms with Gasteiger partial charge in [0.25, 0.3) is 0 Å². The minimum Gasteiger partial charge on any atom is -0.395 e. The average Bonchev–Trinajstić information content (AvgIpc) is 2.55. The predicted octanol–water partition coefficient (Wildman–Crippen LogP) is 2.43. The third-order valence-corrected chi connectivity index (χ3v) is 5.38. The van der Waals surface area contributed by atoms with Crippen LogP contribution >= 0.6 is 0 Å². The smallest absolute Gasteiger partial charge is 0.243 e. The summed E-state index contributed by atoms with van der Waals surface area (Å²) in [6, 6.07) is 16.3. The van der Waals surface area contributed by atoms with Gasteiger partial charge in [-0.1, -0.05) is 49.4 Å². The van der Waals surface area contributed by atoms with Gasteiger partial charge in [-0.15, -0.1) is 0 Å². The summed E-state index contributed by atoms with van der Waals surface area (Å²) in [5, 5.41) is 9.20. The first-order valence-corrected chi connectivity index (χ1v) is 8.76. The molecule has 1 N–H and O–H groups in total. The Balaban J connectivity index is 2.28. The van der Waals surface area contributed by atoms with Crippen LogP contribution in [-0.4, -0.2) is 31.0 Å². The molecule has 0 aliphatic rings. The highest BCUT2D eigenvalue weighted by molar-refractivity contribution is 7.89. The van der Waals surface area contributed by atoms with Crippen molar-refractivity contribution in [1.82, 2.24) is 4.31 Å². The van der Waals surface area contributed by atoms with Crippen LogP contribution in [0.15, 0.2) is 59.5 Å². The molecule has 0 aliphatic heterocycles. The molecular weight excluding hydrogens is 298 g/mol. The largest absolute Gasteiger partial charge is 0.395 e. The van der Waals surface area contributed by atoms with Crippen molar-refractivity contribution in [2.75, 3.05) is 13.2 Å². The molecule has 0 saturated carbocycles. The van der Waals surface area contributed by atoms with E-state index in [2.05, 4.69) is 0 Å². The van der Waals surface area contributed by atoms with Gasteiger partial charge in [0, 0.05) is 13.1 Å². The average molecular weight is 319 g/mol. The lowest BCUT2D eigenvalue weighted by Gasteiger charge is -2.21. The minimum atomic E-state index is -3.61. The first kappa shape index (κ1) is 16.7. The fourth-order valence-corrected chi connectivity index (χ4v) is 3.65. The molecule has 0 fully saturated rings. The van der Waals surface area contributed by atoms with Crippen molar-refractivity contribution in [3.63, 3.8) is 0 Å². The number of sulfonamides is 1. The topological polar surface area (TPSA) is 57.6 Å². The Kier molecular flexibility index (Phi) is 5.71. The van der Waals surface area contributed by atoms with Crippen LogP contribution in [0.4, 0.5) is 0 Å². The van der Waals surface area contributed by atoms with Gasteiger partial charge in [0.05, 0.1) is 11.5 Å². The van der Waals surface area contributed by atoms with Gasteiger partial charge in [0.15, 0.2) is 0 Å². The molecule has 2 rings (SSSR count). The van der Waals surface area contributed by atoms with Gasteiger partial charge in [-0.3, -0.25) is 0 Å².